The second-order valence-electron chi connectivity index (χ2n) is 7.43. The minimum atomic E-state index is -3.32. The van der Waals surface area contributed by atoms with Crippen LogP contribution in [-0.2, 0) is 9.84 Å². The molecule has 33 heavy (non-hydrogen) atoms. The van der Waals surface area contributed by atoms with E-state index in [1.807, 2.05) is 19.1 Å². The quantitative estimate of drug-likeness (QED) is 0.367. The zero-order chi connectivity index (χ0) is 23.5. The Morgan fingerprint density at radius 1 is 1.03 bits per heavy atom. The number of amides is 1. The van der Waals surface area contributed by atoms with E-state index in [1.54, 1.807) is 24.0 Å². The van der Waals surface area contributed by atoms with Crippen molar-refractivity contribution in [3.8, 4) is 0 Å². The number of carbonyl (C=O) groups excluding carboxylic acids is 1. The van der Waals surface area contributed by atoms with Gasteiger partial charge < -0.3 is 4.90 Å². The van der Waals surface area contributed by atoms with E-state index in [4.69, 9.17) is 16.6 Å². The molecule has 6 nitrogen and oxygen atoms in total. The molecule has 1 aromatic heterocycles. The number of carbonyl (C=O) groups is 1. The van der Waals surface area contributed by atoms with Crippen LogP contribution in [0.15, 0.2) is 41.3 Å². The van der Waals surface area contributed by atoms with E-state index in [0.717, 1.165) is 28.9 Å². The number of nitrogens with zero attached hydrogens (tertiary/aromatic N) is 3. The smallest absolute Gasteiger partial charge is 0.260 e. The van der Waals surface area contributed by atoms with Gasteiger partial charge in [0.15, 0.2) is 15.0 Å². The van der Waals surface area contributed by atoms with Crippen molar-refractivity contribution >= 4 is 66.4 Å². The van der Waals surface area contributed by atoms with Gasteiger partial charge in [-0.2, -0.15) is 0 Å². The molecule has 0 N–H and O–H groups in total. The zero-order valence-electron chi connectivity index (χ0n) is 19.2. The third-order valence-corrected chi connectivity index (χ3v) is 8.79. The average molecular weight is 531 g/mol. The van der Waals surface area contributed by atoms with Gasteiger partial charge in [0.2, 0.25) is 0 Å². The lowest BCUT2D eigenvalue weighted by atomic mass is 10.2. The second kappa shape index (κ2) is 11.6. The first-order chi connectivity index (χ1) is 15.2. The first-order valence-electron chi connectivity index (χ1n) is 10.6. The van der Waals surface area contributed by atoms with Gasteiger partial charge >= 0.3 is 0 Å². The third-order valence-electron chi connectivity index (χ3n) is 5.59. The number of hydrogen-bond acceptors (Lipinski definition) is 6. The molecule has 1 amide bonds. The van der Waals surface area contributed by atoms with Crippen molar-refractivity contribution in [3.63, 3.8) is 0 Å². The number of sulfone groups is 1. The predicted octanol–water partition coefficient (Wildman–Crippen LogP) is 5.46. The molecule has 0 saturated carbocycles. The Morgan fingerprint density at radius 2 is 1.67 bits per heavy atom. The first-order valence-corrected chi connectivity index (χ1v) is 13.5. The Labute approximate surface area is 210 Å². The van der Waals surface area contributed by atoms with E-state index in [2.05, 4.69) is 18.7 Å². The molecule has 0 unspecified atom stereocenters. The van der Waals surface area contributed by atoms with Crippen molar-refractivity contribution in [1.29, 1.82) is 0 Å². The van der Waals surface area contributed by atoms with Crippen LogP contribution in [0.2, 0.25) is 5.02 Å². The fourth-order valence-electron chi connectivity index (χ4n) is 3.40. The molecule has 0 saturated heterocycles. The zero-order valence-corrected chi connectivity index (χ0v) is 22.4. The van der Waals surface area contributed by atoms with Crippen LogP contribution in [0.3, 0.4) is 0 Å². The fourth-order valence-corrected chi connectivity index (χ4v) is 5.48. The summed E-state index contributed by atoms with van der Waals surface area (Å²) in [5.41, 5.74) is 2.10. The van der Waals surface area contributed by atoms with Gasteiger partial charge in [-0.05, 0) is 62.0 Å². The van der Waals surface area contributed by atoms with Crippen molar-refractivity contribution in [2.75, 3.05) is 36.8 Å². The Morgan fingerprint density at radius 3 is 2.24 bits per heavy atom. The molecule has 0 atom stereocenters. The Hall–Kier alpha value is -1.71. The predicted molar refractivity (Wildman–Crippen MR) is 140 cm³/mol. The highest BCUT2D eigenvalue weighted by molar-refractivity contribution is 7.91. The second-order valence-corrected chi connectivity index (χ2v) is 11.1. The first kappa shape index (κ1) is 27.5. The maximum atomic E-state index is 13.5. The largest absolute Gasteiger partial charge is 0.302 e. The number of anilines is 1. The molecule has 0 bridgehead atoms. The van der Waals surface area contributed by atoms with Crippen molar-refractivity contribution in [1.82, 2.24) is 9.88 Å². The average Bonchev–Trinajstić information content (AvgIpc) is 3.23. The van der Waals surface area contributed by atoms with Crippen LogP contribution in [0, 0.1) is 6.92 Å². The third kappa shape index (κ3) is 6.05. The summed E-state index contributed by atoms with van der Waals surface area (Å²) in [6, 6.07) is 9.91. The molecule has 1 heterocycles. The SMILES string of the molecule is CCN(CC)CCN(C(=O)c1ccc(S(=O)(=O)CC)cc1)c1nc2c(C)c(Cl)ccc2s1.Cl. The molecular weight excluding hydrogens is 501 g/mol. The monoisotopic (exact) mass is 529 g/mol. The van der Waals surface area contributed by atoms with Crippen LogP contribution in [-0.4, -0.2) is 56.1 Å². The summed E-state index contributed by atoms with van der Waals surface area (Å²) in [4.78, 5) is 22.4. The van der Waals surface area contributed by atoms with Crippen LogP contribution < -0.4 is 4.90 Å². The molecule has 0 fully saturated rings. The Kier molecular flexibility index (Phi) is 9.70. The van der Waals surface area contributed by atoms with Gasteiger partial charge in [-0.3, -0.25) is 9.69 Å². The van der Waals surface area contributed by atoms with Gasteiger partial charge in [0.25, 0.3) is 5.91 Å². The minimum absolute atomic E-state index is 0. The summed E-state index contributed by atoms with van der Waals surface area (Å²) in [7, 11) is -3.32. The van der Waals surface area contributed by atoms with Crippen molar-refractivity contribution < 1.29 is 13.2 Å². The molecule has 0 spiro atoms. The number of aromatic nitrogens is 1. The van der Waals surface area contributed by atoms with Gasteiger partial charge in [0, 0.05) is 23.7 Å². The minimum Gasteiger partial charge on any atom is -0.302 e. The number of likely N-dealkylation sites (N-methyl/N-ethyl adjacent to an activating group) is 1. The van der Waals surface area contributed by atoms with Gasteiger partial charge in [-0.1, -0.05) is 43.7 Å². The maximum absolute atomic E-state index is 13.5. The number of hydrogen-bond donors (Lipinski definition) is 0. The number of rotatable bonds is 9. The van der Waals surface area contributed by atoms with Crippen LogP contribution in [0.1, 0.15) is 36.7 Å². The summed E-state index contributed by atoms with van der Waals surface area (Å²) in [5, 5.41) is 1.25. The molecule has 3 rings (SSSR count). The molecule has 2 aromatic carbocycles. The van der Waals surface area contributed by atoms with Crippen LogP contribution in [0.25, 0.3) is 10.2 Å². The summed E-state index contributed by atoms with van der Waals surface area (Å²) in [6.45, 7) is 10.7. The summed E-state index contributed by atoms with van der Waals surface area (Å²) < 4.78 is 25.2. The van der Waals surface area contributed by atoms with Gasteiger partial charge in [0.1, 0.15) is 0 Å². The highest BCUT2D eigenvalue weighted by atomic mass is 35.5. The number of benzene rings is 2. The number of halogens is 2. The lowest BCUT2D eigenvalue weighted by Crippen LogP contribution is -2.38. The van der Waals surface area contributed by atoms with Crippen molar-refractivity contribution in [3.05, 3.63) is 52.5 Å². The Bertz CT molecular complexity index is 1210. The highest BCUT2D eigenvalue weighted by Gasteiger charge is 2.23. The van der Waals surface area contributed by atoms with E-state index in [1.165, 1.54) is 23.5 Å². The van der Waals surface area contributed by atoms with Gasteiger partial charge in [-0.15, -0.1) is 12.4 Å². The van der Waals surface area contributed by atoms with Crippen LogP contribution in [0.4, 0.5) is 5.13 Å². The fraction of sp³-hybridized carbons (Fsp3) is 0.391. The molecular formula is C23H29Cl2N3O3S2. The van der Waals surface area contributed by atoms with Gasteiger partial charge in [0.05, 0.1) is 20.9 Å². The molecule has 10 heteroatoms. The maximum Gasteiger partial charge on any atom is 0.260 e. The van der Waals surface area contributed by atoms with E-state index in [0.29, 0.717) is 28.8 Å². The van der Waals surface area contributed by atoms with Crippen LogP contribution >= 0.6 is 35.3 Å². The lowest BCUT2D eigenvalue weighted by molar-refractivity contribution is 0.0983. The van der Waals surface area contributed by atoms with Crippen LogP contribution in [0.5, 0.6) is 0 Å². The molecule has 3 aromatic rings. The normalized spacial score (nSPS) is 11.6. The molecule has 0 aliphatic heterocycles. The highest BCUT2D eigenvalue weighted by Crippen LogP contribution is 2.34. The van der Waals surface area contributed by atoms with E-state index in [-0.39, 0.29) is 29.0 Å². The van der Waals surface area contributed by atoms with Gasteiger partial charge in [-0.25, -0.2) is 13.4 Å². The number of aryl methyl sites for hydroxylation is 1. The molecule has 180 valence electrons. The van der Waals surface area contributed by atoms with E-state index < -0.39 is 9.84 Å². The summed E-state index contributed by atoms with van der Waals surface area (Å²) >= 11 is 7.72. The summed E-state index contributed by atoms with van der Waals surface area (Å²) in [6.07, 6.45) is 0. The van der Waals surface area contributed by atoms with Crippen molar-refractivity contribution in [2.45, 2.75) is 32.6 Å². The lowest BCUT2D eigenvalue weighted by Gasteiger charge is -2.24. The topological polar surface area (TPSA) is 70.6 Å². The number of fused-ring (bicyclic) bond motifs is 1. The Balaban J connectivity index is 0.00000385. The molecule has 0 aliphatic rings. The molecule has 0 radical (unpaired) electrons. The van der Waals surface area contributed by atoms with Crippen molar-refractivity contribution in [2.24, 2.45) is 0 Å². The van der Waals surface area contributed by atoms with E-state index >= 15 is 0 Å². The standard InChI is InChI=1S/C23H28ClN3O3S2.ClH/c1-5-26(6-2)14-15-27(23-25-21-16(4)19(24)12-13-20(21)31-23)22(28)17-8-10-18(11-9-17)32(29,30)7-3;/h8-13H,5-7,14-15H2,1-4H3;1H. The van der Waals surface area contributed by atoms with E-state index in [9.17, 15) is 13.2 Å². The molecule has 0 aliphatic carbocycles. The number of thiazole rings is 1. The summed E-state index contributed by atoms with van der Waals surface area (Å²) in [5.74, 6) is -0.190.